The number of rotatable bonds is 1. The number of H-pyrrole nitrogens is 1. The van der Waals surface area contributed by atoms with Crippen LogP contribution < -0.4 is 25.5 Å². The van der Waals surface area contributed by atoms with Crippen LogP contribution in [0.25, 0.3) is 0 Å². The summed E-state index contributed by atoms with van der Waals surface area (Å²) < 4.78 is 15.9. The van der Waals surface area contributed by atoms with Gasteiger partial charge in [-0.3, -0.25) is 4.79 Å². The Kier molecular flexibility index (Phi) is 2.74. The number of hydrogen-bond acceptors (Lipinski definition) is 7. The number of fused-ring (bicyclic) bond motifs is 2. The third-order valence-electron chi connectivity index (χ3n) is 3.75. The molecule has 0 spiro atoms. The van der Waals surface area contributed by atoms with Crippen LogP contribution in [0.5, 0.6) is 17.4 Å². The summed E-state index contributed by atoms with van der Waals surface area (Å²) in [5, 5.41) is 9.45. The zero-order chi connectivity index (χ0) is 16.0. The molecule has 2 aromatic rings. The van der Waals surface area contributed by atoms with Gasteiger partial charge in [0.1, 0.15) is 11.6 Å². The first-order chi connectivity index (χ1) is 11.2. The van der Waals surface area contributed by atoms with Crippen molar-refractivity contribution in [1.29, 1.82) is 5.26 Å². The van der Waals surface area contributed by atoms with Crippen molar-refractivity contribution in [2.45, 2.75) is 5.92 Å². The molecule has 8 heteroatoms. The number of benzene rings is 1. The van der Waals surface area contributed by atoms with Crippen molar-refractivity contribution in [3.8, 4) is 23.4 Å². The van der Waals surface area contributed by atoms with Crippen molar-refractivity contribution in [1.82, 2.24) is 9.97 Å². The van der Waals surface area contributed by atoms with Crippen LogP contribution in [0.15, 0.2) is 40.8 Å². The summed E-state index contributed by atoms with van der Waals surface area (Å²) in [6, 6.07) is 7.22. The van der Waals surface area contributed by atoms with Crippen LogP contribution >= 0.6 is 0 Å². The Morgan fingerprint density at radius 1 is 1.35 bits per heavy atom. The Balaban J connectivity index is 1.96. The molecule has 1 aromatic heterocycles. The molecule has 1 aromatic carbocycles. The fraction of sp³-hybridized carbons (Fsp3) is 0.133. The highest BCUT2D eigenvalue weighted by Crippen LogP contribution is 2.42. The average molecular weight is 310 g/mol. The molecule has 3 heterocycles. The molecule has 2 aliphatic rings. The van der Waals surface area contributed by atoms with E-state index in [1.165, 1.54) is 6.33 Å². The van der Waals surface area contributed by atoms with Gasteiger partial charge in [0.15, 0.2) is 11.5 Å². The van der Waals surface area contributed by atoms with E-state index in [0.29, 0.717) is 17.1 Å². The van der Waals surface area contributed by atoms with Gasteiger partial charge >= 0.3 is 0 Å². The topological polar surface area (TPSA) is 123 Å². The molecule has 23 heavy (non-hydrogen) atoms. The number of aromatic nitrogens is 2. The number of nitrogens with zero attached hydrogens (tertiary/aromatic N) is 2. The lowest BCUT2D eigenvalue weighted by Crippen LogP contribution is -2.28. The van der Waals surface area contributed by atoms with Crippen molar-refractivity contribution in [2.75, 3.05) is 6.79 Å². The fourth-order valence-electron chi connectivity index (χ4n) is 2.72. The highest BCUT2D eigenvalue weighted by atomic mass is 16.7. The van der Waals surface area contributed by atoms with Crippen LogP contribution in [0.1, 0.15) is 17.0 Å². The van der Waals surface area contributed by atoms with E-state index < -0.39 is 11.5 Å². The van der Waals surface area contributed by atoms with Gasteiger partial charge in [-0.25, -0.2) is 4.98 Å². The summed E-state index contributed by atoms with van der Waals surface area (Å²) in [6.07, 6.45) is 1.22. The molecule has 0 saturated heterocycles. The maximum Gasteiger partial charge on any atom is 0.258 e. The predicted molar refractivity (Wildman–Crippen MR) is 76.7 cm³/mol. The van der Waals surface area contributed by atoms with E-state index in [0.717, 1.165) is 0 Å². The minimum Gasteiger partial charge on any atom is -0.454 e. The molecular formula is C15H10N4O4. The fourth-order valence-corrected chi connectivity index (χ4v) is 2.72. The highest BCUT2D eigenvalue weighted by Gasteiger charge is 2.34. The first kappa shape index (κ1) is 13.2. The number of hydrogen-bond donors (Lipinski definition) is 2. The zero-order valence-electron chi connectivity index (χ0n) is 11.7. The lowest BCUT2D eigenvalue weighted by Gasteiger charge is -2.24. The number of nitrogens with two attached hydrogens (primary N) is 1. The summed E-state index contributed by atoms with van der Waals surface area (Å²) in [5.41, 5.74) is 6.48. The molecule has 114 valence electrons. The van der Waals surface area contributed by atoms with Crippen molar-refractivity contribution in [3.63, 3.8) is 0 Å². The van der Waals surface area contributed by atoms with Gasteiger partial charge in [-0.2, -0.15) is 5.26 Å². The Bertz CT molecular complexity index is 941. The van der Waals surface area contributed by atoms with E-state index >= 15 is 0 Å². The van der Waals surface area contributed by atoms with Crippen molar-refractivity contribution in [3.05, 3.63) is 57.5 Å². The third-order valence-corrected chi connectivity index (χ3v) is 3.75. The summed E-state index contributed by atoms with van der Waals surface area (Å²) in [6.45, 7) is 0.133. The monoisotopic (exact) mass is 310 g/mol. The Labute approximate surface area is 129 Å². The normalized spacial score (nSPS) is 18.1. The van der Waals surface area contributed by atoms with Crippen LogP contribution in [0.2, 0.25) is 0 Å². The predicted octanol–water partition coefficient (Wildman–Crippen LogP) is 0.717. The van der Waals surface area contributed by atoms with Crippen molar-refractivity contribution < 1.29 is 14.2 Å². The van der Waals surface area contributed by atoms with Crippen LogP contribution in [0.4, 0.5) is 0 Å². The third kappa shape index (κ3) is 1.91. The van der Waals surface area contributed by atoms with E-state index in [-0.39, 0.29) is 29.7 Å². The smallest absolute Gasteiger partial charge is 0.258 e. The summed E-state index contributed by atoms with van der Waals surface area (Å²) in [4.78, 5) is 18.7. The molecule has 0 aliphatic carbocycles. The van der Waals surface area contributed by atoms with Gasteiger partial charge in [0.25, 0.3) is 5.56 Å². The second kappa shape index (κ2) is 4.78. The summed E-state index contributed by atoms with van der Waals surface area (Å²) in [7, 11) is 0. The lowest BCUT2D eigenvalue weighted by atomic mass is 9.85. The summed E-state index contributed by atoms with van der Waals surface area (Å²) >= 11 is 0. The van der Waals surface area contributed by atoms with Gasteiger partial charge in [0.05, 0.1) is 17.8 Å². The van der Waals surface area contributed by atoms with Gasteiger partial charge < -0.3 is 24.9 Å². The van der Waals surface area contributed by atoms with E-state index in [2.05, 4.69) is 9.97 Å². The van der Waals surface area contributed by atoms with Gasteiger partial charge in [-0.05, 0) is 17.7 Å². The molecule has 8 nitrogen and oxygen atoms in total. The summed E-state index contributed by atoms with van der Waals surface area (Å²) in [5.74, 6) is 0.493. The van der Waals surface area contributed by atoms with Crippen LogP contribution in [0, 0.1) is 11.3 Å². The van der Waals surface area contributed by atoms with Crippen LogP contribution in [-0.2, 0) is 0 Å². The maximum absolute atomic E-state index is 12.2. The zero-order valence-corrected chi connectivity index (χ0v) is 11.7. The molecule has 0 saturated carbocycles. The molecule has 0 fully saturated rings. The number of ether oxygens (including phenoxy) is 3. The first-order valence-corrected chi connectivity index (χ1v) is 6.73. The lowest BCUT2D eigenvalue weighted by molar-refractivity contribution is 0.174. The molecule has 4 rings (SSSR count). The molecule has 3 N–H and O–H groups in total. The van der Waals surface area contributed by atoms with E-state index in [1.54, 1.807) is 18.2 Å². The number of aromatic amines is 1. The SMILES string of the molecule is N#CC1=C(N)Oc2nc[nH]c(=O)c2C1c1ccc2c(c1)OCO2. The van der Waals surface area contributed by atoms with E-state index in [1.807, 2.05) is 6.07 Å². The molecule has 0 bridgehead atoms. The standard InChI is InChI=1S/C15H10N4O4/c16-4-8-11(7-1-2-9-10(3-7)22-6-21-9)12-14(20)18-5-19-15(12)23-13(8)17/h1-3,5,11H,6,17H2,(H,18,19,20). The molecule has 0 amide bonds. The van der Waals surface area contributed by atoms with Gasteiger partial charge in [0.2, 0.25) is 18.6 Å². The van der Waals surface area contributed by atoms with Crippen LogP contribution in [-0.4, -0.2) is 16.8 Å². The minimum atomic E-state index is -0.685. The quantitative estimate of drug-likeness (QED) is 0.795. The second-order valence-corrected chi connectivity index (χ2v) is 4.99. The number of nitrogens with one attached hydrogen (secondary N) is 1. The highest BCUT2D eigenvalue weighted by molar-refractivity contribution is 5.55. The van der Waals surface area contributed by atoms with Gasteiger partial charge in [-0.15, -0.1) is 0 Å². The van der Waals surface area contributed by atoms with E-state index in [9.17, 15) is 10.1 Å². The van der Waals surface area contributed by atoms with Crippen molar-refractivity contribution in [2.24, 2.45) is 5.73 Å². The van der Waals surface area contributed by atoms with Gasteiger partial charge in [-0.1, -0.05) is 6.07 Å². The Morgan fingerprint density at radius 2 is 2.17 bits per heavy atom. The Morgan fingerprint density at radius 3 is 3.00 bits per heavy atom. The second-order valence-electron chi connectivity index (χ2n) is 4.99. The van der Waals surface area contributed by atoms with Gasteiger partial charge in [0, 0.05) is 0 Å². The molecule has 0 radical (unpaired) electrons. The Hall–Kier alpha value is -3.47. The first-order valence-electron chi connectivity index (χ1n) is 6.73. The number of nitriles is 1. The molecule has 1 unspecified atom stereocenters. The average Bonchev–Trinajstić information content (AvgIpc) is 3.01. The molecule has 1 atom stereocenters. The molecule has 2 aliphatic heterocycles. The molecular weight excluding hydrogens is 300 g/mol. The maximum atomic E-state index is 12.2. The largest absolute Gasteiger partial charge is 0.454 e. The minimum absolute atomic E-state index is 0.0687. The van der Waals surface area contributed by atoms with Crippen molar-refractivity contribution >= 4 is 0 Å². The number of allylic oxidation sites excluding steroid dienone is 1. The van der Waals surface area contributed by atoms with E-state index in [4.69, 9.17) is 19.9 Å². The van der Waals surface area contributed by atoms with Crippen LogP contribution in [0.3, 0.4) is 0 Å².